The van der Waals surface area contributed by atoms with Crippen molar-refractivity contribution in [3.63, 3.8) is 0 Å². The normalized spacial score (nSPS) is 10.7. The molecule has 0 aliphatic heterocycles. The number of hydrogen-bond acceptors (Lipinski definition) is 5. The summed E-state index contributed by atoms with van der Waals surface area (Å²) in [5.74, 6) is -0.163. The summed E-state index contributed by atoms with van der Waals surface area (Å²) in [4.78, 5) is 23.3. The van der Waals surface area contributed by atoms with Crippen LogP contribution in [-0.4, -0.2) is 25.2 Å². The number of methoxy groups -OCH3 is 1. The molecular weight excluding hydrogens is 364 g/mol. The molecule has 0 radical (unpaired) electrons. The van der Waals surface area contributed by atoms with Gasteiger partial charge >= 0.3 is 11.9 Å². The van der Waals surface area contributed by atoms with Crippen LogP contribution in [0.4, 0.5) is 0 Å². The number of esters is 2. The first kappa shape index (κ1) is 17.3. The van der Waals surface area contributed by atoms with Gasteiger partial charge in [-0.05, 0) is 38.1 Å². The Bertz CT molecular complexity index is 767. The van der Waals surface area contributed by atoms with E-state index in [-0.39, 0.29) is 11.9 Å². The summed E-state index contributed by atoms with van der Waals surface area (Å²) in [5, 5.41) is 1.32. The molecule has 0 aliphatic carbocycles. The summed E-state index contributed by atoms with van der Waals surface area (Å²) in [5.41, 5.74) is 0.290. The number of halogens is 1. The number of carbonyl (C=O) groups is 2. The Balaban J connectivity index is 2.79. The number of fused-ring (bicyclic) bond motifs is 1. The highest BCUT2D eigenvalue weighted by atomic mass is 79.9. The second kappa shape index (κ2) is 7.00. The first-order valence-corrected chi connectivity index (χ1v) is 7.82. The molecule has 0 aliphatic rings. The first-order chi connectivity index (χ1) is 10.8. The Morgan fingerprint density at radius 3 is 2.39 bits per heavy atom. The van der Waals surface area contributed by atoms with Gasteiger partial charge in [0.15, 0.2) is 0 Å². The molecule has 0 N–H and O–H groups in total. The van der Waals surface area contributed by atoms with Gasteiger partial charge < -0.3 is 14.2 Å². The summed E-state index contributed by atoms with van der Waals surface area (Å²) in [6.07, 6.45) is -0.0511. The third kappa shape index (κ3) is 3.82. The van der Waals surface area contributed by atoms with Crippen molar-refractivity contribution in [3.05, 3.63) is 34.3 Å². The number of benzene rings is 2. The van der Waals surface area contributed by atoms with E-state index in [0.29, 0.717) is 22.1 Å². The molecule has 6 heteroatoms. The summed E-state index contributed by atoms with van der Waals surface area (Å²) in [7, 11) is 1.30. The molecule has 0 fully saturated rings. The van der Waals surface area contributed by atoms with Crippen LogP contribution in [0.2, 0.25) is 0 Å². The molecule has 5 nitrogen and oxygen atoms in total. The standard InChI is InChI=1S/C17H17BrO5/c1-9(2)22-14-6-5-13(18)12-7-11(17(20)21-4)8-15(16(12)14)23-10(3)19/h5-9H,1-4H3. The third-order valence-corrected chi connectivity index (χ3v) is 3.72. The first-order valence-electron chi connectivity index (χ1n) is 7.03. The third-order valence-electron chi connectivity index (χ3n) is 3.02. The Morgan fingerprint density at radius 2 is 1.83 bits per heavy atom. The predicted molar refractivity (Wildman–Crippen MR) is 90.1 cm³/mol. The fraction of sp³-hybridized carbons (Fsp3) is 0.294. The number of rotatable bonds is 4. The maximum absolute atomic E-state index is 11.9. The molecule has 0 amide bonds. The van der Waals surface area contributed by atoms with Gasteiger partial charge in [-0.15, -0.1) is 0 Å². The molecule has 0 atom stereocenters. The summed E-state index contributed by atoms with van der Waals surface area (Å²) >= 11 is 3.45. The van der Waals surface area contributed by atoms with E-state index in [1.807, 2.05) is 19.9 Å². The summed E-state index contributed by atoms with van der Waals surface area (Å²) in [6, 6.07) is 6.76. The smallest absolute Gasteiger partial charge is 0.338 e. The van der Waals surface area contributed by atoms with E-state index in [9.17, 15) is 9.59 Å². The minimum atomic E-state index is -0.512. The number of hydrogen-bond donors (Lipinski definition) is 0. The monoisotopic (exact) mass is 380 g/mol. The predicted octanol–water partition coefficient (Wildman–Crippen LogP) is 4.10. The summed E-state index contributed by atoms with van der Waals surface area (Å²) < 4.78 is 16.6. The van der Waals surface area contributed by atoms with Crippen molar-refractivity contribution in [3.8, 4) is 11.5 Å². The van der Waals surface area contributed by atoms with Crippen molar-refractivity contribution in [2.75, 3.05) is 7.11 Å². The zero-order chi connectivity index (χ0) is 17.1. The van der Waals surface area contributed by atoms with Crippen LogP contribution in [0, 0.1) is 0 Å². The molecule has 122 valence electrons. The van der Waals surface area contributed by atoms with Gasteiger partial charge in [0.2, 0.25) is 0 Å². The van der Waals surface area contributed by atoms with E-state index >= 15 is 0 Å². The van der Waals surface area contributed by atoms with Crippen LogP contribution in [0.25, 0.3) is 10.8 Å². The SMILES string of the molecule is COC(=O)c1cc(OC(C)=O)c2c(OC(C)C)ccc(Br)c2c1. The molecule has 2 aromatic carbocycles. The van der Waals surface area contributed by atoms with Gasteiger partial charge in [0.25, 0.3) is 0 Å². The fourth-order valence-corrected chi connectivity index (χ4v) is 2.65. The topological polar surface area (TPSA) is 61.8 Å². The molecule has 0 aromatic heterocycles. The molecule has 2 rings (SSSR count). The second-order valence-corrected chi connectivity index (χ2v) is 6.05. The lowest BCUT2D eigenvalue weighted by Crippen LogP contribution is -2.09. The van der Waals surface area contributed by atoms with Crippen molar-refractivity contribution < 1.29 is 23.8 Å². The molecule has 23 heavy (non-hydrogen) atoms. The quantitative estimate of drug-likeness (QED) is 0.590. The molecule has 0 saturated carbocycles. The Kier molecular flexibility index (Phi) is 5.26. The van der Waals surface area contributed by atoms with Gasteiger partial charge in [-0.2, -0.15) is 0 Å². The van der Waals surface area contributed by atoms with E-state index < -0.39 is 11.9 Å². The van der Waals surface area contributed by atoms with Crippen molar-refractivity contribution >= 4 is 38.6 Å². The van der Waals surface area contributed by atoms with Crippen molar-refractivity contribution in [1.82, 2.24) is 0 Å². The van der Waals surface area contributed by atoms with Gasteiger partial charge in [-0.1, -0.05) is 15.9 Å². The molecule has 2 aromatic rings. The average Bonchev–Trinajstić information content (AvgIpc) is 2.48. The van der Waals surface area contributed by atoms with E-state index in [1.165, 1.54) is 20.1 Å². The zero-order valence-electron chi connectivity index (χ0n) is 13.3. The van der Waals surface area contributed by atoms with Crippen molar-refractivity contribution in [1.29, 1.82) is 0 Å². The molecule has 0 heterocycles. The highest BCUT2D eigenvalue weighted by Crippen LogP contribution is 2.40. The lowest BCUT2D eigenvalue weighted by atomic mass is 10.0. The van der Waals surface area contributed by atoms with Gasteiger partial charge in [-0.25, -0.2) is 4.79 Å². The molecule has 0 unspecified atom stereocenters. The average molecular weight is 381 g/mol. The van der Waals surface area contributed by atoms with Crippen LogP contribution in [0.5, 0.6) is 11.5 Å². The van der Waals surface area contributed by atoms with E-state index in [1.54, 1.807) is 12.1 Å². The Hall–Kier alpha value is -2.08. The zero-order valence-corrected chi connectivity index (χ0v) is 14.9. The number of carbonyl (C=O) groups excluding carboxylic acids is 2. The van der Waals surface area contributed by atoms with Crippen LogP contribution in [-0.2, 0) is 9.53 Å². The molecular formula is C17H17BrO5. The maximum atomic E-state index is 11.9. The fourth-order valence-electron chi connectivity index (χ4n) is 2.20. The maximum Gasteiger partial charge on any atom is 0.338 e. The Labute approximate surface area is 142 Å². The van der Waals surface area contributed by atoms with Gasteiger partial charge in [0.05, 0.1) is 24.2 Å². The van der Waals surface area contributed by atoms with E-state index in [2.05, 4.69) is 15.9 Å². The van der Waals surface area contributed by atoms with Crippen LogP contribution in [0.1, 0.15) is 31.1 Å². The van der Waals surface area contributed by atoms with Crippen LogP contribution < -0.4 is 9.47 Å². The van der Waals surface area contributed by atoms with E-state index in [4.69, 9.17) is 14.2 Å². The Morgan fingerprint density at radius 1 is 1.13 bits per heavy atom. The van der Waals surface area contributed by atoms with E-state index in [0.717, 1.165) is 4.47 Å². The highest BCUT2D eigenvalue weighted by molar-refractivity contribution is 9.10. The van der Waals surface area contributed by atoms with Crippen molar-refractivity contribution in [2.24, 2.45) is 0 Å². The lowest BCUT2D eigenvalue weighted by molar-refractivity contribution is -0.131. The van der Waals surface area contributed by atoms with Gasteiger partial charge in [-0.3, -0.25) is 4.79 Å². The van der Waals surface area contributed by atoms with Crippen LogP contribution in [0.3, 0.4) is 0 Å². The van der Waals surface area contributed by atoms with Crippen molar-refractivity contribution in [2.45, 2.75) is 26.9 Å². The minimum absolute atomic E-state index is 0.0511. The van der Waals surface area contributed by atoms with Gasteiger partial charge in [0.1, 0.15) is 11.5 Å². The molecule has 0 saturated heterocycles. The lowest BCUT2D eigenvalue weighted by Gasteiger charge is -2.16. The summed E-state index contributed by atoms with van der Waals surface area (Å²) in [6.45, 7) is 5.11. The highest BCUT2D eigenvalue weighted by Gasteiger charge is 2.18. The van der Waals surface area contributed by atoms with Crippen LogP contribution >= 0.6 is 15.9 Å². The molecule has 0 spiro atoms. The van der Waals surface area contributed by atoms with Crippen LogP contribution in [0.15, 0.2) is 28.7 Å². The van der Waals surface area contributed by atoms with Gasteiger partial charge in [0, 0.05) is 16.8 Å². The molecule has 0 bridgehead atoms. The minimum Gasteiger partial charge on any atom is -0.490 e. The second-order valence-electron chi connectivity index (χ2n) is 5.19. The number of ether oxygens (including phenoxy) is 3. The largest absolute Gasteiger partial charge is 0.490 e.